The summed E-state index contributed by atoms with van der Waals surface area (Å²) in [6.45, 7) is 0. The Kier molecular flexibility index (Phi) is 0.963. The molecule has 2 aliphatic heterocycles. The average molecular weight is 124 g/mol. The summed E-state index contributed by atoms with van der Waals surface area (Å²) >= 11 is 0. The van der Waals surface area contributed by atoms with Gasteiger partial charge < -0.3 is 9.53 Å². The normalized spacial score (nSPS) is 46.0. The van der Waals surface area contributed by atoms with Crippen molar-refractivity contribution < 1.29 is 9.53 Å². The summed E-state index contributed by atoms with van der Waals surface area (Å²) < 4.78 is 5.33. The molecule has 0 aliphatic carbocycles. The molecule has 2 bridgehead atoms. The van der Waals surface area contributed by atoms with E-state index in [9.17, 15) is 4.79 Å². The Morgan fingerprint density at radius 1 is 1.56 bits per heavy atom. The van der Waals surface area contributed by atoms with Crippen LogP contribution in [0.25, 0.3) is 0 Å². The van der Waals surface area contributed by atoms with E-state index in [1.165, 1.54) is 0 Å². The van der Waals surface area contributed by atoms with E-state index in [2.05, 4.69) is 0 Å². The highest BCUT2D eigenvalue weighted by Crippen LogP contribution is 2.31. The Morgan fingerprint density at radius 2 is 2.44 bits per heavy atom. The fourth-order valence-corrected chi connectivity index (χ4v) is 1.44. The fourth-order valence-electron chi connectivity index (χ4n) is 1.44. The van der Waals surface area contributed by atoms with E-state index in [1.54, 1.807) is 0 Å². The van der Waals surface area contributed by atoms with E-state index in [0.717, 1.165) is 12.7 Å². The van der Waals surface area contributed by atoms with E-state index < -0.39 is 0 Å². The van der Waals surface area contributed by atoms with Crippen LogP contribution in [0.2, 0.25) is 0 Å². The summed E-state index contributed by atoms with van der Waals surface area (Å²) in [6, 6.07) is 0. The van der Waals surface area contributed by atoms with Crippen molar-refractivity contribution >= 4 is 6.29 Å². The molecule has 3 unspecified atom stereocenters. The maximum atomic E-state index is 10.3. The molecule has 0 amide bonds. The zero-order valence-electron chi connectivity index (χ0n) is 4.99. The number of carbonyl (C=O) groups excluding carboxylic acids is 1. The third-order valence-corrected chi connectivity index (χ3v) is 1.95. The highest BCUT2D eigenvalue weighted by atomic mass is 16.5. The van der Waals surface area contributed by atoms with Crippen LogP contribution in [0.4, 0.5) is 0 Å². The van der Waals surface area contributed by atoms with Gasteiger partial charge in [-0.05, 0) is 6.42 Å². The first-order valence-corrected chi connectivity index (χ1v) is 3.19. The van der Waals surface area contributed by atoms with Gasteiger partial charge in [-0.25, -0.2) is 0 Å². The summed E-state index contributed by atoms with van der Waals surface area (Å²) in [5, 5.41) is 0. The van der Waals surface area contributed by atoms with Crippen molar-refractivity contribution in [2.24, 2.45) is 5.92 Å². The third kappa shape index (κ3) is 0.630. The largest absolute Gasteiger partial charge is 0.366 e. The van der Waals surface area contributed by atoms with Crippen LogP contribution in [0.3, 0.4) is 0 Å². The minimum Gasteiger partial charge on any atom is -0.366 e. The number of hydrogen-bond donors (Lipinski definition) is 0. The zero-order chi connectivity index (χ0) is 6.27. The number of carbonyl (C=O) groups is 1. The topological polar surface area (TPSA) is 26.3 Å². The summed E-state index contributed by atoms with van der Waals surface area (Å²) in [5.74, 6) is 0.139. The van der Waals surface area contributed by atoms with Crippen LogP contribution in [0.5, 0.6) is 0 Å². The van der Waals surface area contributed by atoms with Gasteiger partial charge in [0.25, 0.3) is 0 Å². The van der Waals surface area contributed by atoms with Crippen molar-refractivity contribution in [3.05, 3.63) is 12.2 Å². The SMILES string of the molecule is O=CC1CC2C=CC1O2. The molecule has 9 heavy (non-hydrogen) atoms. The lowest BCUT2D eigenvalue weighted by Gasteiger charge is -2.04. The van der Waals surface area contributed by atoms with E-state index in [0.29, 0.717) is 0 Å². The monoisotopic (exact) mass is 124 g/mol. The molecule has 2 aliphatic rings. The fraction of sp³-hybridized carbons (Fsp3) is 0.571. The molecule has 3 atom stereocenters. The Balaban J connectivity index is 2.19. The van der Waals surface area contributed by atoms with Crippen LogP contribution < -0.4 is 0 Å². The van der Waals surface area contributed by atoms with Gasteiger partial charge >= 0.3 is 0 Å². The minimum absolute atomic E-state index is 0.104. The van der Waals surface area contributed by atoms with Crippen LogP contribution >= 0.6 is 0 Å². The van der Waals surface area contributed by atoms with Gasteiger partial charge in [0.1, 0.15) is 6.29 Å². The van der Waals surface area contributed by atoms with Crippen molar-refractivity contribution in [2.75, 3.05) is 0 Å². The van der Waals surface area contributed by atoms with Gasteiger partial charge in [0.15, 0.2) is 0 Å². The zero-order valence-corrected chi connectivity index (χ0v) is 4.99. The Morgan fingerprint density at radius 3 is 2.78 bits per heavy atom. The predicted octanol–water partition coefficient (Wildman–Crippen LogP) is 0.529. The molecule has 1 fully saturated rings. The number of aldehydes is 1. The second-order valence-corrected chi connectivity index (χ2v) is 2.56. The Bertz CT molecular complexity index is 162. The van der Waals surface area contributed by atoms with Crippen molar-refractivity contribution in [3.8, 4) is 0 Å². The molecule has 0 aromatic carbocycles. The maximum Gasteiger partial charge on any atom is 0.126 e. The molecule has 0 aromatic heterocycles. The second kappa shape index (κ2) is 1.67. The van der Waals surface area contributed by atoms with Crippen LogP contribution in [0, 0.1) is 5.92 Å². The number of hydrogen-bond acceptors (Lipinski definition) is 2. The molecule has 2 heteroatoms. The first-order chi connectivity index (χ1) is 4.40. The second-order valence-electron chi connectivity index (χ2n) is 2.56. The molecule has 0 N–H and O–H groups in total. The molecular formula is C7H8O2. The molecule has 2 nitrogen and oxygen atoms in total. The van der Waals surface area contributed by atoms with Crippen molar-refractivity contribution in [1.29, 1.82) is 0 Å². The smallest absolute Gasteiger partial charge is 0.126 e. The molecule has 1 saturated heterocycles. The quantitative estimate of drug-likeness (QED) is 0.376. The molecule has 0 saturated carbocycles. The summed E-state index contributed by atoms with van der Waals surface area (Å²) in [7, 11) is 0. The van der Waals surface area contributed by atoms with Crippen molar-refractivity contribution in [2.45, 2.75) is 18.6 Å². The summed E-state index contributed by atoms with van der Waals surface area (Å²) in [4.78, 5) is 10.3. The first kappa shape index (κ1) is 5.18. The highest BCUT2D eigenvalue weighted by Gasteiger charge is 2.36. The average Bonchev–Trinajstić information content (AvgIpc) is 2.45. The van der Waals surface area contributed by atoms with Crippen LogP contribution in [0.15, 0.2) is 12.2 Å². The van der Waals surface area contributed by atoms with Crippen molar-refractivity contribution in [1.82, 2.24) is 0 Å². The predicted molar refractivity (Wildman–Crippen MR) is 32.0 cm³/mol. The lowest BCUT2D eigenvalue weighted by atomic mass is 9.96. The third-order valence-electron chi connectivity index (χ3n) is 1.95. The molecule has 2 rings (SSSR count). The van der Waals surface area contributed by atoms with Crippen LogP contribution in [-0.2, 0) is 9.53 Å². The Hall–Kier alpha value is -0.630. The molecule has 48 valence electrons. The van der Waals surface area contributed by atoms with Gasteiger partial charge in [-0.2, -0.15) is 0 Å². The number of rotatable bonds is 1. The van der Waals surface area contributed by atoms with Gasteiger partial charge in [0.05, 0.1) is 12.2 Å². The highest BCUT2D eigenvalue weighted by molar-refractivity contribution is 5.57. The van der Waals surface area contributed by atoms with E-state index >= 15 is 0 Å². The van der Waals surface area contributed by atoms with Crippen LogP contribution in [-0.4, -0.2) is 18.5 Å². The molecule has 0 radical (unpaired) electrons. The summed E-state index contributed by atoms with van der Waals surface area (Å²) in [5.41, 5.74) is 0. The standard InChI is InChI=1S/C7H8O2/c8-4-5-3-6-1-2-7(5)9-6/h1-2,4-7H,3H2. The Labute approximate surface area is 53.5 Å². The lowest BCUT2D eigenvalue weighted by Crippen LogP contribution is -2.13. The lowest BCUT2D eigenvalue weighted by molar-refractivity contribution is -0.111. The van der Waals surface area contributed by atoms with E-state index in [4.69, 9.17) is 4.74 Å². The maximum absolute atomic E-state index is 10.3. The molecule has 0 spiro atoms. The van der Waals surface area contributed by atoms with Gasteiger partial charge in [0, 0.05) is 5.92 Å². The van der Waals surface area contributed by atoms with E-state index in [-0.39, 0.29) is 18.1 Å². The first-order valence-electron chi connectivity index (χ1n) is 3.19. The minimum atomic E-state index is 0.104. The molecule has 2 heterocycles. The van der Waals surface area contributed by atoms with Gasteiger partial charge in [0.2, 0.25) is 0 Å². The van der Waals surface area contributed by atoms with Crippen LogP contribution in [0.1, 0.15) is 6.42 Å². The number of ether oxygens (including phenoxy) is 1. The van der Waals surface area contributed by atoms with Gasteiger partial charge in [-0.15, -0.1) is 0 Å². The molecule has 0 aromatic rings. The van der Waals surface area contributed by atoms with Gasteiger partial charge in [-0.3, -0.25) is 0 Å². The molecular weight excluding hydrogens is 116 g/mol. The van der Waals surface area contributed by atoms with E-state index in [1.807, 2.05) is 12.2 Å². The van der Waals surface area contributed by atoms with Crippen molar-refractivity contribution in [3.63, 3.8) is 0 Å². The van der Waals surface area contributed by atoms with Gasteiger partial charge in [-0.1, -0.05) is 12.2 Å². The number of fused-ring (bicyclic) bond motifs is 2. The summed E-state index contributed by atoms with van der Waals surface area (Å²) in [6.07, 6.45) is 6.24.